The maximum atomic E-state index is 13.3. The summed E-state index contributed by atoms with van der Waals surface area (Å²) in [4.78, 5) is 9.03. The zero-order valence-electron chi connectivity index (χ0n) is 14.0. The number of nitrogens with one attached hydrogen (secondary N) is 1. The van der Waals surface area contributed by atoms with Gasteiger partial charge in [0.2, 0.25) is 0 Å². The number of hydrogen-bond donors (Lipinski definition) is 1. The van der Waals surface area contributed by atoms with Gasteiger partial charge in [0.1, 0.15) is 11.4 Å². The minimum absolute atomic E-state index is 0.122. The number of alkyl halides is 3. The van der Waals surface area contributed by atoms with E-state index in [0.717, 1.165) is 42.5 Å². The van der Waals surface area contributed by atoms with Gasteiger partial charge in [-0.3, -0.25) is 0 Å². The van der Waals surface area contributed by atoms with E-state index in [2.05, 4.69) is 20.9 Å². The van der Waals surface area contributed by atoms with Crippen molar-refractivity contribution in [3.63, 3.8) is 0 Å². The third-order valence-electron chi connectivity index (χ3n) is 4.91. The Morgan fingerprint density at radius 1 is 1.28 bits per heavy atom. The van der Waals surface area contributed by atoms with Crippen molar-refractivity contribution in [1.82, 2.24) is 9.97 Å². The predicted molar refractivity (Wildman–Crippen MR) is 89.0 cm³/mol. The highest BCUT2D eigenvalue weighted by atomic mass is 19.4. The third kappa shape index (κ3) is 2.45. The van der Waals surface area contributed by atoms with Crippen LogP contribution in [0.25, 0.3) is 16.7 Å². The van der Waals surface area contributed by atoms with E-state index in [4.69, 9.17) is 0 Å². The number of fused-ring (bicyclic) bond motifs is 2. The number of aryl methyl sites for hydroxylation is 1. The normalized spacial score (nSPS) is 14.8. The summed E-state index contributed by atoms with van der Waals surface area (Å²) in [6.45, 7) is 2.69. The second-order valence-corrected chi connectivity index (χ2v) is 6.42. The Morgan fingerprint density at radius 3 is 2.84 bits per heavy atom. The van der Waals surface area contributed by atoms with Gasteiger partial charge in [0, 0.05) is 31.0 Å². The van der Waals surface area contributed by atoms with Gasteiger partial charge in [0.25, 0.3) is 12.0 Å². The van der Waals surface area contributed by atoms with Crippen molar-refractivity contribution < 1.29 is 17.7 Å². The molecule has 0 amide bonds. The highest BCUT2D eigenvalue weighted by Crippen LogP contribution is 2.35. The Morgan fingerprint density at radius 2 is 2.08 bits per heavy atom. The molecule has 2 aromatic heterocycles. The molecule has 25 heavy (non-hydrogen) atoms. The Balaban J connectivity index is 1.97. The average molecular weight is 347 g/mol. The van der Waals surface area contributed by atoms with Gasteiger partial charge in [-0.25, -0.2) is 0 Å². The van der Waals surface area contributed by atoms with Crippen LogP contribution in [-0.2, 0) is 12.6 Å². The molecule has 4 nitrogen and oxygen atoms in total. The highest BCUT2D eigenvalue weighted by molar-refractivity contribution is 5.81. The number of aromatic nitrogens is 3. The van der Waals surface area contributed by atoms with E-state index < -0.39 is 11.7 Å². The van der Waals surface area contributed by atoms with Gasteiger partial charge in [-0.05, 0) is 36.9 Å². The molecule has 1 aliphatic rings. The third-order valence-corrected chi connectivity index (χ3v) is 4.91. The first-order valence-corrected chi connectivity index (χ1v) is 8.17. The number of rotatable bonds is 1. The van der Waals surface area contributed by atoms with Crippen molar-refractivity contribution in [3.05, 3.63) is 47.5 Å². The summed E-state index contributed by atoms with van der Waals surface area (Å²) in [5, 5.41) is 0.122. The second kappa shape index (κ2) is 5.47. The number of H-pyrrole nitrogens is 1. The molecule has 1 aromatic carbocycles. The first kappa shape index (κ1) is 15.9. The summed E-state index contributed by atoms with van der Waals surface area (Å²) < 4.78 is 41.7. The van der Waals surface area contributed by atoms with Crippen molar-refractivity contribution in [2.24, 2.45) is 0 Å². The molecular weight excluding hydrogens is 329 g/mol. The van der Waals surface area contributed by atoms with E-state index >= 15 is 0 Å². The van der Waals surface area contributed by atoms with Crippen LogP contribution in [0, 0.1) is 6.92 Å². The Labute approximate surface area is 142 Å². The van der Waals surface area contributed by atoms with Crippen LogP contribution < -0.4 is 9.47 Å². The van der Waals surface area contributed by atoms with Crippen LogP contribution in [0.5, 0.6) is 0 Å². The minimum Gasteiger partial charge on any atom is -0.374 e. The summed E-state index contributed by atoms with van der Waals surface area (Å²) in [6.07, 6.45) is 0.0926. The number of benzene rings is 1. The largest absolute Gasteiger partial charge is 0.418 e. The summed E-state index contributed by atoms with van der Waals surface area (Å²) in [7, 11) is 2.04. The molecule has 130 valence electrons. The molecule has 0 fully saturated rings. The van der Waals surface area contributed by atoms with Crippen LogP contribution in [0.2, 0.25) is 0 Å². The van der Waals surface area contributed by atoms with Crippen LogP contribution >= 0.6 is 0 Å². The van der Waals surface area contributed by atoms with Crippen molar-refractivity contribution >= 4 is 16.7 Å². The van der Waals surface area contributed by atoms with Crippen LogP contribution in [0.15, 0.2) is 30.7 Å². The fraction of sp³-hybridized carbons (Fsp3) is 0.333. The summed E-state index contributed by atoms with van der Waals surface area (Å²) in [6, 6.07) is 5.93. The predicted octanol–water partition coefficient (Wildman–Crippen LogP) is 3.55. The number of halogens is 3. The van der Waals surface area contributed by atoms with Crippen molar-refractivity contribution in [1.29, 1.82) is 0 Å². The SMILES string of the molecule is Cc1c2c(C(F)(F)F)c[nH]c2nc[n+]1-c1cccc2c1CCCN2C. The van der Waals surface area contributed by atoms with Gasteiger partial charge in [0.05, 0.1) is 10.9 Å². The van der Waals surface area contributed by atoms with Crippen molar-refractivity contribution in [2.45, 2.75) is 25.9 Å². The van der Waals surface area contributed by atoms with Crippen LogP contribution in [-0.4, -0.2) is 23.6 Å². The lowest BCUT2D eigenvalue weighted by Gasteiger charge is -2.28. The molecular formula is C18H18F3N4+. The monoisotopic (exact) mass is 347 g/mol. The lowest BCUT2D eigenvalue weighted by atomic mass is 9.99. The quantitative estimate of drug-likeness (QED) is 0.684. The van der Waals surface area contributed by atoms with E-state index in [1.54, 1.807) is 17.8 Å². The maximum Gasteiger partial charge on any atom is 0.418 e. The summed E-state index contributed by atoms with van der Waals surface area (Å²) in [5.41, 5.74) is 3.27. The van der Waals surface area contributed by atoms with E-state index in [1.165, 1.54) is 0 Å². The highest BCUT2D eigenvalue weighted by Gasteiger charge is 2.37. The van der Waals surface area contributed by atoms with Crippen molar-refractivity contribution in [3.8, 4) is 5.69 Å². The molecule has 3 aromatic rings. The number of anilines is 1. The minimum atomic E-state index is -4.42. The van der Waals surface area contributed by atoms with Gasteiger partial charge in [-0.2, -0.15) is 17.7 Å². The fourth-order valence-electron chi connectivity index (χ4n) is 3.69. The summed E-state index contributed by atoms with van der Waals surface area (Å²) >= 11 is 0. The van der Waals surface area contributed by atoms with Crippen molar-refractivity contribution in [2.75, 3.05) is 18.5 Å². The molecule has 0 saturated carbocycles. The second-order valence-electron chi connectivity index (χ2n) is 6.42. The van der Waals surface area contributed by atoms with E-state index in [-0.39, 0.29) is 11.0 Å². The standard InChI is InChI=1S/C18H17F3N4/c1-11-16-13(18(19,20)21)9-22-17(16)23-10-25(11)15-7-3-6-14-12(15)5-4-8-24(14)2/h3,6-7,9-10H,4-5,8H2,1-2H3/p+1. The molecule has 0 bridgehead atoms. The number of nitrogens with zero attached hydrogens (tertiary/aromatic N) is 3. The first-order chi connectivity index (χ1) is 11.9. The molecule has 0 spiro atoms. The molecule has 7 heteroatoms. The van der Waals surface area contributed by atoms with E-state index in [1.807, 2.05) is 19.2 Å². The Kier molecular flexibility index (Phi) is 3.49. The molecule has 0 radical (unpaired) electrons. The lowest BCUT2D eigenvalue weighted by molar-refractivity contribution is -0.604. The smallest absolute Gasteiger partial charge is 0.374 e. The first-order valence-electron chi connectivity index (χ1n) is 8.17. The molecule has 0 aliphatic carbocycles. The molecule has 4 rings (SSSR count). The topological polar surface area (TPSA) is 35.8 Å². The van der Waals surface area contributed by atoms with Crippen LogP contribution in [0.3, 0.4) is 0 Å². The zero-order valence-corrected chi connectivity index (χ0v) is 14.0. The lowest BCUT2D eigenvalue weighted by Crippen LogP contribution is -2.38. The molecule has 1 N–H and O–H groups in total. The van der Waals surface area contributed by atoms with Gasteiger partial charge in [-0.1, -0.05) is 6.07 Å². The Hall–Kier alpha value is -2.57. The van der Waals surface area contributed by atoms with Crippen LogP contribution in [0.1, 0.15) is 23.2 Å². The van der Waals surface area contributed by atoms with Gasteiger partial charge in [0.15, 0.2) is 0 Å². The fourth-order valence-corrected chi connectivity index (χ4v) is 3.69. The summed E-state index contributed by atoms with van der Waals surface area (Å²) in [5.74, 6) is 0. The number of aromatic amines is 1. The average Bonchev–Trinajstić information content (AvgIpc) is 3.01. The Bertz CT molecular complexity index is 959. The van der Waals surface area contributed by atoms with Gasteiger partial charge in [-0.15, -0.1) is 0 Å². The van der Waals surface area contributed by atoms with Gasteiger partial charge < -0.3 is 9.88 Å². The zero-order chi connectivity index (χ0) is 17.8. The van der Waals surface area contributed by atoms with E-state index in [9.17, 15) is 13.2 Å². The molecule has 0 unspecified atom stereocenters. The maximum absolute atomic E-state index is 13.3. The molecule has 1 aliphatic heterocycles. The van der Waals surface area contributed by atoms with Gasteiger partial charge >= 0.3 is 6.18 Å². The molecule has 3 heterocycles. The molecule has 0 atom stereocenters. The molecule has 0 saturated heterocycles. The number of hydrogen-bond acceptors (Lipinski definition) is 2. The van der Waals surface area contributed by atoms with E-state index in [0.29, 0.717) is 5.69 Å². The van der Waals surface area contributed by atoms with Crippen LogP contribution in [0.4, 0.5) is 18.9 Å².